The molecule has 2 rings (SSSR count). The van der Waals surface area contributed by atoms with Crippen LogP contribution in [0.15, 0.2) is 29.2 Å². The van der Waals surface area contributed by atoms with Gasteiger partial charge in [-0.15, -0.1) is 0 Å². The van der Waals surface area contributed by atoms with Crippen molar-refractivity contribution in [3.05, 3.63) is 24.3 Å². The summed E-state index contributed by atoms with van der Waals surface area (Å²) in [6, 6.07) is 7.10. The van der Waals surface area contributed by atoms with Gasteiger partial charge in [-0.2, -0.15) is 0 Å². The SMILES string of the molecule is CCCNS(=O)(=O)c1ccccc1NCC1CC1(C)C. The average molecular weight is 296 g/mol. The zero-order valence-electron chi connectivity index (χ0n) is 12.4. The minimum Gasteiger partial charge on any atom is -0.384 e. The summed E-state index contributed by atoms with van der Waals surface area (Å²) in [4.78, 5) is 0.340. The van der Waals surface area contributed by atoms with E-state index in [9.17, 15) is 8.42 Å². The first kappa shape index (κ1) is 15.3. The number of anilines is 1. The summed E-state index contributed by atoms with van der Waals surface area (Å²) in [5.41, 5.74) is 1.08. The lowest BCUT2D eigenvalue weighted by Gasteiger charge is -2.13. The quantitative estimate of drug-likeness (QED) is 0.813. The molecule has 1 fully saturated rings. The minimum absolute atomic E-state index is 0.340. The monoisotopic (exact) mass is 296 g/mol. The first-order valence-corrected chi connectivity index (χ1v) is 8.68. The van der Waals surface area contributed by atoms with E-state index in [1.165, 1.54) is 6.42 Å². The number of rotatable bonds is 7. The molecule has 0 aromatic heterocycles. The molecule has 0 amide bonds. The number of para-hydroxylation sites is 1. The Bertz CT molecular complexity index is 567. The van der Waals surface area contributed by atoms with Gasteiger partial charge in [0.1, 0.15) is 4.90 Å². The van der Waals surface area contributed by atoms with E-state index < -0.39 is 10.0 Å². The molecular weight excluding hydrogens is 272 g/mol. The van der Waals surface area contributed by atoms with Crippen molar-refractivity contribution >= 4 is 15.7 Å². The third kappa shape index (κ3) is 3.52. The number of nitrogens with one attached hydrogen (secondary N) is 2. The van der Waals surface area contributed by atoms with Crippen molar-refractivity contribution in [3.63, 3.8) is 0 Å². The highest BCUT2D eigenvalue weighted by molar-refractivity contribution is 7.89. The molecule has 0 bridgehead atoms. The van der Waals surface area contributed by atoms with Gasteiger partial charge in [-0.3, -0.25) is 0 Å². The van der Waals surface area contributed by atoms with Gasteiger partial charge < -0.3 is 5.32 Å². The summed E-state index contributed by atoms with van der Waals surface area (Å²) in [6.07, 6.45) is 1.98. The Hall–Kier alpha value is -1.07. The standard InChI is InChI=1S/C15H24N2O2S/c1-4-9-17-20(18,19)14-8-6-5-7-13(14)16-11-12-10-15(12,2)3/h5-8,12,16-17H,4,9-11H2,1-3H3. The van der Waals surface area contributed by atoms with Crippen LogP contribution in [0.1, 0.15) is 33.6 Å². The van der Waals surface area contributed by atoms with Gasteiger partial charge >= 0.3 is 0 Å². The highest BCUT2D eigenvalue weighted by Crippen LogP contribution is 2.51. The van der Waals surface area contributed by atoms with Crippen molar-refractivity contribution in [1.82, 2.24) is 4.72 Å². The molecule has 0 spiro atoms. The fourth-order valence-electron chi connectivity index (χ4n) is 2.32. The van der Waals surface area contributed by atoms with Crippen LogP contribution >= 0.6 is 0 Å². The van der Waals surface area contributed by atoms with Gasteiger partial charge in [0, 0.05) is 13.1 Å². The summed E-state index contributed by atoms with van der Waals surface area (Å²) < 4.78 is 27.1. The fourth-order valence-corrected chi connectivity index (χ4v) is 3.63. The normalized spacial score (nSPS) is 20.6. The van der Waals surface area contributed by atoms with Crippen LogP contribution in [0, 0.1) is 11.3 Å². The van der Waals surface area contributed by atoms with E-state index in [4.69, 9.17) is 0 Å². The molecular formula is C15H24N2O2S. The van der Waals surface area contributed by atoms with Gasteiger partial charge in [0.25, 0.3) is 0 Å². The van der Waals surface area contributed by atoms with Crippen LogP contribution in [0.5, 0.6) is 0 Å². The average Bonchev–Trinajstić information content (AvgIpc) is 3.02. The summed E-state index contributed by atoms with van der Waals surface area (Å²) in [7, 11) is -3.42. The van der Waals surface area contributed by atoms with E-state index in [1.54, 1.807) is 12.1 Å². The molecule has 0 saturated heterocycles. The lowest BCUT2D eigenvalue weighted by molar-refractivity contribution is 0.572. The molecule has 1 aromatic rings. The molecule has 20 heavy (non-hydrogen) atoms. The van der Waals surface area contributed by atoms with Crippen LogP contribution in [0.2, 0.25) is 0 Å². The van der Waals surface area contributed by atoms with E-state index in [0.717, 1.165) is 13.0 Å². The summed E-state index contributed by atoms with van der Waals surface area (Å²) in [5, 5.41) is 3.29. The molecule has 1 unspecified atom stereocenters. The van der Waals surface area contributed by atoms with Gasteiger partial charge in [-0.05, 0) is 36.3 Å². The highest BCUT2D eigenvalue weighted by atomic mass is 32.2. The Morgan fingerprint density at radius 1 is 1.30 bits per heavy atom. The fraction of sp³-hybridized carbons (Fsp3) is 0.600. The third-order valence-corrected chi connectivity index (χ3v) is 5.49. The Labute approximate surface area is 122 Å². The highest BCUT2D eigenvalue weighted by Gasteiger charge is 2.45. The van der Waals surface area contributed by atoms with Crippen molar-refractivity contribution in [1.29, 1.82) is 0 Å². The topological polar surface area (TPSA) is 58.2 Å². The largest absolute Gasteiger partial charge is 0.384 e. The molecule has 0 heterocycles. The van der Waals surface area contributed by atoms with Crippen LogP contribution in [0.4, 0.5) is 5.69 Å². The second-order valence-corrected chi connectivity index (χ2v) is 7.90. The summed E-state index contributed by atoms with van der Waals surface area (Å²) >= 11 is 0. The van der Waals surface area contributed by atoms with Crippen molar-refractivity contribution in [2.24, 2.45) is 11.3 Å². The van der Waals surface area contributed by atoms with E-state index in [1.807, 2.05) is 19.1 Å². The summed E-state index contributed by atoms with van der Waals surface area (Å²) in [5.74, 6) is 0.627. The second kappa shape index (κ2) is 5.74. The molecule has 1 aliphatic carbocycles. The van der Waals surface area contributed by atoms with E-state index >= 15 is 0 Å². The Morgan fingerprint density at radius 2 is 1.95 bits per heavy atom. The zero-order chi connectivity index (χ0) is 14.8. The Balaban J connectivity index is 2.10. The van der Waals surface area contributed by atoms with Gasteiger partial charge in [0.15, 0.2) is 0 Å². The first-order valence-electron chi connectivity index (χ1n) is 7.19. The summed E-state index contributed by atoms with van der Waals surface area (Å²) in [6.45, 7) is 7.72. The van der Waals surface area contributed by atoms with Crippen molar-refractivity contribution in [2.75, 3.05) is 18.4 Å². The van der Waals surface area contributed by atoms with Crippen molar-refractivity contribution in [3.8, 4) is 0 Å². The van der Waals surface area contributed by atoms with Crippen LogP contribution in [0.25, 0.3) is 0 Å². The van der Waals surface area contributed by atoms with Crippen molar-refractivity contribution < 1.29 is 8.42 Å². The van der Waals surface area contributed by atoms with Crippen LogP contribution in [0.3, 0.4) is 0 Å². The number of benzene rings is 1. The van der Waals surface area contributed by atoms with Crippen LogP contribution in [-0.2, 0) is 10.0 Å². The maximum atomic E-state index is 12.2. The minimum atomic E-state index is -3.42. The van der Waals surface area contributed by atoms with E-state index in [0.29, 0.717) is 28.5 Å². The van der Waals surface area contributed by atoms with E-state index in [-0.39, 0.29) is 0 Å². The smallest absolute Gasteiger partial charge is 0.242 e. The predicted molar refractivity (Wildman–Crippen MR) is 82.3 cm³/mol. The van der Waals surface area contributed by atoms with Crippen LogP contribution in [-0.4, -0.2) is 21.5 Å². The molecule has 1 aliphatic rings. The Morgan fingerprint density at radius 3 is 2.55 bits per heavy atom. The maximum absolute atomic E-state index is 12.2. The zero-order valence-corrected chi connectivity index (χ0v) is 13.3. The molecule has 1 saturated carbocycles. The Kier molecular flexibility index (Phi) is 4.39. The molecule has 4 nitrogen and oxygen atoms in total. The molecule has 0 aliphatic heterocycles. The van der Waals surface area contributed by atoms with Gasteiger partial charge in [-0.1, -0.05) is 32.9 Å². The lowest BCUT2D eigenvalue weighted by atomic mass is 10.1. The molecule has 1 aromatic carbocycles. The predicted octanol–water partition coefficient (Wildman–Crippen LogP) is 2.83. The third-order valence-electron chi connectivity index (χ3n) is 3.98. The molecule has 2 N–H and O–H groups in total. The van der Waals surface area contributed by atoms with Crippen LogP contribution < -0.4 is 10.0 Å². The molecule has 5 heteroatoms. The molecule has 112 valence electrons. The maximum Gasteiger partial charge on any atom is 0.242 e. The first-order chi connectivity index (χ1) is 9.37. The molecule has 0 radical (unpaired) electrons. The van der Waals surface area contributed by atoms with Gasteiger partial charge in [0.05, 0.1) is 5.69 Å². The van der Waals surface area contributed by atoms with Crippen molar-refractivity contribution in [2.45, 2.75) is 38.5 Å². The number of sulfonamides is 1. The second-order valence-electron chi connectivity index (χ2n) is 6.16. The van der Waals surface area contributed by atoms with Gasteiger partial charge in [-0.25, -0.2) is 13.1 Å². The molecule has 1 atom stereocenters. The lowest BCUT2D eigenvalue weighted by Crippen LogP contribution is -2.25. The van der Waals surface area contributed by atoms with Gasteiger partial charge in [0.2, 0.25) is 10.0 Å². The van der Waals surface area contributed by atoms with E-state index in [2.05, 4.69) is 23.9 Å². The number of hydrogen-bond donors (Lipinski definition) is 2. The number of hydrogen-bond acceptors (Lipinski definition) is 3.